The zero-order chi connectivity index (χ0) is 16.0. The molecular formula is C17H19N5O. The van der Waals surface area contributed by atoms with Crippen LogP contribution in [-0.2, 0) is 13.5 Å². The van der Waals surface area contributed by atoms with Crippen molar-refractivity contribution in [2.45, 2.75) is 19.4 Å². The maximum Gasteiger partial charge on any atom is 0.276 e. The van der Waals surface area contributed by atoms with E-state index in [1.807, 2.05) is 49.0 Å². The average molecular weight is 309 g/mol. The molecule has 118 valence electrons. The van der Waals surface area contributed by atoms with E-state index in [-0.39, 0.29) is 11.6 Å². The van der Waals surface area contributed by atoms with Gasteiger partial charge in [-0.25, -0.2) is 9.67 Å². The zero-order valence-electron chi connectivity index (χ0n) is 13.2. The van der Waals surface area contributed by atoms with E-state index in [0.29, 0.717) is 0 Å². The van der Waals surface area contributed by atoms with Gasteiger partial charge in [-0.05, 0) is 19.1 Å². The van der Waals surface area contributed by atoms with Gasteiger partial charge in [0.15, 0.2) is 0 Å². The summed E-state index contributed by atoms with van der Waals surface area (Å²) in [5, 5.41) is 3.44. The van der Waals surface area contributed by atoms with Crippen molar-refractivity contribution >= 4 is 0 Å². The molecule has 1 unspecified atom stereocenters. The normalized spacial score (nSPS) is 17.2. The molecule has 0 bridgehead atoms. The summed E-state index contributed by atoms with van der Waals surface area (Å²) in [5.41, 5.74) is 4.64. The number of benzene rings is 1. The van der Waals surface area contributed by atoms with Crippen LogP contribution in [-0.4, -0.2) is 25.9 Å². The monoisotopic (exact) mass is 309 g/mol. The van der Waals surface area contributed by atoms with Crippen molar-refractivity contribution in [1.82, 2.24) is 24.6 Å². The zero-order valence-corrected chi connectivity index (χ0v) is 13.2. The fourth-order valence-electron chi connectivity index (χ4n) is 3.38. The average Bonchev–Trinajstić information content (AvgIpc) is 3.12. The molecule has 0 amide bonds. The SMILES string of the molecule is Cc1c(C2NCCc3[nH]cnc32)c(=O)n(-c2ccccc2)n1C. The quantitative estimate of drug-likeness (QED) is 0.753. The molecule has 1 aliphatic rings. The van der Waals surface area contributed by atoms with E-state index in [9.17, 15) is 4.79 Å². The molecule has 1 aliphatic heterocycles. The molecule has 2 N–H and O–H groups in total. The third-order valence-corrected chi connectivity index (χ3v) is 4.64. The van der Waals surface area contributed by atoms with Crippen LogP contribution in [0.3, 0.4) is 0 Å². The molecule has 2 aromatic heterocycles. The van der Waals surface area contributed by atoms with Crippen LogP contribution in [0.2, 0.25) is 0 Å². The number of aromatic nitrogens is 4. The molecular weight excluding hydrogens is 290 g/mol. The van der Waals surface area contributed by atoms with Gasteiger partial charge in [0.1, 0.15) is 0 Å². The van der Waals surface area contributed by atoms with E-state index in [1.165, 1.54) is 0 Å². The van der Waals surface area contributed by atoms with Crippen LogP contribution in [0.4, 0.5) is 0 Å². The summed E-state index contributed by atoms with van der Waals surface area (Å²) in [6, 6.07) is 9.55. The number of nitrogens with one attached hydrogen (secondary N) is 2. The van der Waals surface area contributed by atoms with Crippen LogP contribution in [0.1, 0.15) is 28.7 Å². The van der Waals surface area contributed by atoms with Crippen molar-refractivity contribution in [3.05, 3.63) is 69.7 Å². The highest BCUT2D eigenvalue weighted by Crippen LogP contribution is 2.27. The Morgan fingerprint density at radius 3 is 2.83 bits per heavy atom. The fourth-order valence-corrected chi connectivity index (χ4v) is 3.38. The smallest absolute Gasteiger partial charge is 0.276 e. The van der Waals surface area contributed by atoms with Crippen molar-refractivity contribution in [1.29, 1.82) is 0 Å². The maximum atomic E-state index is 13.1. The number of rotatable bonds is 2. The standard InChI is InChI=1S/C17H19N5O/c1-11-14(16-15-13(8-9-18-16)19-10-20-15)17(23)22(21(11)2)12-6-4-3-5-7-12/h3-7,10,16,18H,8-9H2,1-2H3,(H,19,20). The predicted molar refractivity (Wildman–Crippen MR) is 87.9 cm³/mol. The van der Waals surface area contributed by atoms with Gasteiger partial charge in [0.2, 0.25) is 0 Å². The molecule has 1 aromatic carbocycles. The number of nitrogens with zero attached hydrogens (tertiary/aromatic N) is 3. The first-order valence-electron chi connectivity index (χ1n) is 7.78. The third kappa shape index (κ3) is 2.06. The molecule has 1 atom stereocenters. The summed E-state index contributed by atoms with van der Waals surface area (Å²) in [6.07, 6.45) is 2.61. The van der Waals surface area contributed by atoms with Crippen LogP contribution in [0.25, 0.3) is 5.69 Å². The number of para-hydroxylation sites is 1. The molecule has 6 nitrogen and oxygen atoms in total. The van der Waals surface area contributed by atoms with Gasteiger partial charge in [-0.3, -0.25) is 9.48 Å². The minimum atomic E-state index is -0.159. The Morgan fingerprint density at radius 2 is 2.04 bits per heavy atom. The lowest BCUT2D eigenvalue weighted by Gasteiger charge is -2.22. The summed E-state index contributed by atoms with van der Waals surface area (Å²) in [4.78, 5) is 20.7. The van der Waals surface area contributed by atoms with E-state index < -0.39 is 0 Å². The van der Waals surface area contributed by atoms with Gasteiger partial charge in [-0.2, -0.15) is 0 Å². The van der Waals surface area contributed by atoms with Crippen LogP contribution < -0.4 is 10.9 Å². The van der Waals surface area contributed by atoms with E-state index in [4.69, 9.17) is 0 Å². The fraction of sp³-hybridized carbons (Fsp3) is 0.294. The van der Waals surface area contributed by atoms with Gasteiger partial charge in [0.05, 0.1) is 29.3 Å². The molecule has 6 heteroatoms. The number of imidazole rings is 1. The van der Waals surface area contributed by atoms with Crippen LogP contribution >= 0.6 is 0 Å². The van der Waals surface area contributed by atoms with Crippen LogP contribution in [0.5, 0.6) is 0 Å². The number of aromatic amines is 1. The summed E-state index contributed by atoms with van der Waals surface area (Å²) in [7, 11) is 1.92. The second kappa shape index (κ2) is 5.24. The second-order valence-electron chi connectivity index (χ2n) is 5.88. The Hall–Kier alpha value is -2.60. The van der Waals surface area contributed by atoms with E-state index in [1.54, 1.807) is 11.0 Å². The molecule has 3 heterocycles. The van der Waals surface area contributed by atoms with E-state index >= 15 is 0 Å². The van der Waals surface area contributed by atoms with Crippen molar-refractivity contribution < 1.29 is 0 Å². The Kier molecular flexibility index (Phi) is 3.20. The number of hydrogen-bond acceptors (Lipinski definition) is 3. The lowest BCUT2D eigenvalue weighted by atomic mass is 9.98. The van der Waals surface area contributed by atoms with Gasteiger partial charge in [0, 0.05) is 31.4 Å². The first-order chi connectivity index (χ1) is 11.2. The number of hydrogen-bond donors (Lipinski definition) is 2. The lowest BCUT2D eigenvalue weighted by molar-refractivity contribution is 0.548. The molecule has 3 aromatic rings. The molecule has 0 fully saturated rings. The highest BCUT2D eigenvalue weighted by molar-refractivity contribution is 5.38. The summed E-state index contributed by atoms with van der Waals surface area (Å²) in [5.74, 6) is 0. The van der Waals surface area contributed by atoms with E-state index in [0.717, 1.165) is 41.3 Å². The second-order valence-corrected chi connectivity index (χ2v) is 5.88. The molecule has 0 aliphatic carbocycles. The van der Waals surface area contributed by atoms with Crippen molar-refractivity contribution in [3.63, 3.8) is 0 Å². The van der Waals surface area contributed by atoms with Crippen molar-refractivity contribution in [3.8, 4) is 5.69 Å². The Bertz CT molecular complexity index is 903. The highest BCUT2D eigenvalue weighted by atomic mass is 16.1. The predicted octanol–water partition coefficient (Wildman–Crippen LogP) is 1.44. The Balaban J connectivity index is 1.91. The topological polar surface area (TPSA) is 67.6 Å². The van der Waals surface area contributed by atoms with E-state index in [2.05, 4.69) is 15.3 Å². The molecule has 23 heavy (non-hydrogen) atoms. The minimum absolute atomic E-state index is 0.00421. The number of H-pyrrole nitrogens is 1. The maximum absolute atomic E-state index is 13.1. The van der Waals surface area contributed by atoms with Gasteiger partial charge in [-0.1, -0.05) is 18.2 Å². The van der Waals surface area contributed by atoms with Gasteiger partial charge >= 0.3 is 0 Å². The molecule has 0 saturated heterocycles. The summed E-state index contributed by atoms with van der Waals surface area (Å²) < 4.78 is 3.63. The molecule has 0 saturated carbocycles. The van der Waals surface area contributed by atoms with Crippen molar-refractivity contribution in [2.75, 3.05) is 6.54 Å². The largest absolute Gasteiger partial charge is 0.348 e. The van der Waals surface area contributed by atoms with Crippen LogP contribution in [0, 0.1) is 6.92 Å². The molecule has 4 rings (SSSR count). The summed E-state index contributed by atoms with van der Waals surface area (Å²) in [6.45, 7) is 2.82. The van der Waals surface area contributed by atoms with Gasteiger partial charge in [0.25, 0.3) is 5.56 Å². The van der Waals surface area contributed by atoms with Crippen molar-refractivity contribution in [2.24, 2.45) is 7.05 Å². The Morgan fingerprint density at radius 1 is 1.26 bits per heavy atom. The molecule has 0 spiro atoms. The number of fused-ring (bicyclic) bond motifs is 1. The first kappa shape index (κ1) is 14.0. The van der Waals surface area contributed by atoms with Gasteiger partial charge in [-0.15, -0.1) is 0 Å². The van der Waals surface area contributed by atoms with Crippen LogP contribution in [0.15, 0.2) is 41.5 Å². The summed E-state index contributed by atoms with van der Waals surface area (Å²) >= 11 is 0. The first-order valence-corrected chi connectivity index (χ1v) is 7.78. The lowest BCUT2D eigenvalue weighted by Crippen LogP contribution is -2.34. The molecule has 0 radical (unpaired) electrons. The Labute approximate surface area is 133 Å². The highest BCUT2D eigenvalue weighted by Gasteiger charge is 2.30. The third-order valence-electron chi connectivity index (χ3n) is 4.64. The minimum Gasteiger partial charge on any atom is -0.348 e. The van der Waals surface area contributed by atoms with Gasteiger partial charge < -0.3 is 10.3 Å².